The molecule has 0 heterocycles. The van der Waals surface area contributed by atoms with Gasteiger partial charge in [-0.1, -0.05) is 31.9 Å². The van der Waals surface area contributed by atoms with Crippen molar-refractivity contribution in [1.82, 2.24) is 5.32 Å². The molecular formula is C23H26F3NO4. The first-order chi connectivity index (χ1) is 14.7. The van der Waals surface area contributed by atoms with Crippen LogP contribution in [0.2, 0.25) is 0 Å². The summed E-state index contributed by atoms with van der Waals surface area (Å²) < 4.78 is 43.3. The van der Waals surface area contributed by atoms with Crippen molar-refractivity contribution in [3.8, 4) is 5.75 Å². The molecule has 0 saturated carbocycles. The van der Waals surface area contributed by atoms with Crippen molar-refractivity contribution >= 4 is 11.9 Å². The van der Waals surface area contributed by atoms with E-state index < -0.39 is 29.5 Å². The molecule has 0 saturated heterocycles. The third-order valence-corrected chi connectivity index (χ3v) is 5.00. The number of carbonyl (C=O) groups excluding carboxylic acids is 1. The van der Waals surface area contributed by atoms with Crippen LogP contribution in [0.4, 0.5) is 13.2 Å². The van der Waals surface area contributed by atoms with E-state index in [1.165, 1.54) is 7.11 Å². The number of benzene rings is 2. The van der Waals surface area contributed by atoms with Crippen molar-refractivity contribution in [2.45, 2.75) is 45.3 Å². The molecule has 2 N–H and O–H groups in total. The molecule has 0 aliphatic heterocycles. The molecule has 5 nitrogen and oxygen atoms in total. The molecule has 8 heteroatoms. The highest BCUT2D eigenvalue weighted by atomic mass is 19.4. The molecular weight excluding hydrogens is 411 g/mol. The Morgan fingerprint density at radius 1 is 1.13 bits per heavy atom. The van der Waals surface area contributed by atoms with Gasteiger partial charge in [0, 0.05) is 17.7 Å². The van der Waals surface area contributed by atoms with Crippen LogP contribution in [-0.2, 0) is 23.9 Å². The summed E-state index contributed by atoms with van der Waals surface area (Å²) in [6.45, 7) is 2.09. The highest BCUT2D eigenvalue weighted by molar-refractivity contribution is 5.94. The second-order valence-corrected chi connectivity index (χ2v) is 7.29. The van der Waals surface area contributed by atoms with Gasteiger partial charge in [-0.15, -0.1) is 0 Å². The van der Waals surface area contributed by atoms with Crippen LogP contribution in [0.5, 0.6) is 5.75 Å². The van der Waals surface area contributed by atoms with Gasteiger partial charge in [-0.2, -0.15) is 13.2 Å². The second-order valence-electron chi connectivity index (χ2n) is 7.29. The normalized spacial score (nSPS) is 12.3. The summed E-state index contributed by atoms with van der Waals surface area (Å²) in [5, 5.41) is 12.1. The summed E-state index contributed by atoms with van der Waals surface area (Å²) in [5.74, 6) is -1.34. The monoisotopic (exact) mass is 437 g/mol. The Hall–Kier alpha value is -3.03. The van der Waals surface area contributed by atoms with Crippen LogP contribution in [0.1, 0.15) is 53.2 Å². The molecule has 1 amide bonds. The van der Waals surface area contributed by atoms with Crippen LogP contribution in [0.3, 0.4) is 0 Å². The minimum absolute atomic E-state index is 0.0869. The highest BCUT2D eigenvalue weighted by Gasteiger charge is 2.30. The van der Waals surface area contributed by atoms with E-state index >= 15 is 0 Å². The van der Waals surface area contributed by atoms with Crippen molar-refractivity contribution in [1.29, 1.82) is 0 Å². The average Bonchev–Trinajstić information content (AvgIpc) is 2.74. The predicted octanol–water partition coefficient (Wildman–Crippen LogP) is 5.08. The highest BCUT2D eigenvalue weighted by Crippen LogP contribution is 2.29. The lowest BCUT2D eigenvalue weighted by atomic mass is 9.93. The molecule has 168 valence electrons. The summed E-state index contributed by atoms with van der Waals surface area (Å²) >= 11 is 0. The lowest BCUT2D eigenvalue weighted by Gasteiger charge is -2.15. The maximum atomic E-state index is 12.7. The molecule has 0 spiro atoms. The Bertz CT molecular complexity index is 895. The van der Waals surface area contributed by atoms with E-state index in [1.807, 2.05) is 6.92 Å². The largest absolute Gasteiger partial charge is 0.496 e. The first-order valence-electron chi connectivity index (χ1n) is 9.99. The zero-order valence-corrected chi connectivity index (χ0v) is 17.5. The van der Waals surface area contributed by atoms with Gasteiger partial charge < -0.3 is 15.2 Å². The van der Waals surface area contributed by atoms with Gasteiger partial charge in [-0.25, -0.2) is 0 Å². The van der Waals surface area contributed by atoms with Crippen LogP contribution in [-0.4, -0.2) is 24.1 Å². The van der Waals surface area contributed by atoms with Crippen LogP contribution in [0.25, 0.3) is 0 Å². The molecule has 2 rings (SSSR count). The number of alkyl halides is 3. The van der Waals surface area contributed by atoms with Crippen LogP contribution < -0.4 is 10.1 Å². The molecule has 0 aliphatic carbocycles. The van der Waals surface area contributed by atoms with Crippen LogP contribution in [0.15, 0.2) is 42.5 Å². The van der Waals surface area contributed by atoms with Gasteiger partial charge >= 0.3 is 12.1 Å². The number of ether oxygens (including phenoxy) is 1. The van der Waals surface area contributed by atoms with E-state index in [1.54, 1.807) is 18.2 Å². The van der Waals surface area contributed by atoms with Crippen molar-refractivity contribution in [3.63, 3.8) is 0 Å². The SMILES string of the molecule is CCCCC(Cc1ccc(OC)c(CNC(=O)c2ccc(C(F)(F)F)cc2)c1)C(=O)O. The number of carboxylic acid groups (broad SMARTS) is 1. The lowest BCUT2D eigenvalue weighted by molar-refractivity contribution is -0.142. The third-order valence-electron chi connectivity index (χ3n) is 5.00. The van der Waals surface area contributed by atoms with Gasteiger partial charge in [0.2, 0.25) is 0 Å². The van der Waals surface area contributed by atoms with Crippen molar-refractivity contribution in [3.05, 3.63) is 64.7 Å². The third kappa shape index (κ3) is 7.01. The van der Waals surface area contributed by atoms with Gasteiger partial charge in [-0.3, -0.25) is 9.59 Å². The summed E-state index contributed by atoms with van der Waals surface area (Å²) in [6.07, 6.45) is -1.79. The number of amides is 1. The van der Waals surface area contributed by atoms with Gasteiger partial charge in [0.15, 0.2) is 0 Å². The number of rotatable bonds is 10. The topological polar surface area (TPSA) is 75.6 Å². The summed E-state index contributed by atoms with van der Waals surface area (Å²) in [6, 6.07) is 9.26. The Labute approximate surface area is 179 Å². The van der Waals surface area contributed by atoms with E-state index in [2.05, 4.69) is 5.32 Å². The Morgan fingerprint density at radius 3 is 2.35 bits per heavy atom. The minimum Gasteiger partial charge on any atom is -0.496 e. The molecule has 0 radical (unpaired) electrons. The average molecular weight is 437 g/mol. The predicted molar refractivity (Wildman–Crippen MR) is 110 cm³/mol. The van der Waals surface area contributed by atoms with Gasteiger partial charge in [0.1, 0.15) is 5.75 Å². The molecule has 0 aliphatic rings. The number of unbranched alkanes of at least 4 members (excludes halogenated alkanes) is 1. The van der Waals surface area contributed by atoms with E-state index in [0.29, 0.717) is 24.2 Å². The number of halogens is 3. The number of carboxylic acids is 1. The molecule has 1 unspecified atom stereocenters. The van der Waals surface area contributed by atoms with Gasteiger partial charge in [0.05, 0.1) is 18.6 Å². The number of methoxy groups -OCH3 is 1. The Kier molecular flexibility index (Phi) is 8.47. The van der Waals surface area contributed by atoms with Crippen molar-refractivity contribution < 1.29 is 32.6 Å². The fraction of sp³-hybridized carbons (Fsp3) is 0.391. The van der Waals surface area contributed by atoms with Crippen molar-refractivity contribution in [2.75, 3.05) is 7.11 Å². The van der Waals surface area contributed by atoms with E-state index in [4.69, 9.17) is 4.74 Å². The second kappa shape index (κ2) is 10.8. The molecule has 0 fully saturated rings. The van der Waals surface area contributed by atoms with E-state index in [0.717, 1.165) is 42.7 Å². The number of hydrogen-bond donors (Lipinski definition) is 2. The van der Waals surface area contributed by atoms with Crippen molar-refractivity contribution in [2.24, 2.45) is 5.92 Å². The maximum absolute atomic E-state index is 12.7. The Morgan fingerprint density at radius 2 is 1.81 bits per heavy atom. The number of hydrogen-bond acceptors (Lipinski definition) is 3. The number of carbonyl (C=O) groups is 2. The summed E-state index contributed by atoms with van der Waals surface area (Å²) in [7, 11) is 1.48. The molecule has 31 heavy (non-hydrogen) atoms. The molecule has 1 atom stereocenters. The molecule has 2 aromatic rings. The molecule has 0 aromatic heterocycles. The summed E-state index contributed by atoms with van der Waals surface area (Å²) in [4.78, 5) is 23.9. The van der Waals surface area contributed by atoms with Crippen LogP contribution in [0, 0.1) is 5.92 Å². The fourth-order valence-electron chi connectivity index (χ4n) is 3.23. The molecule has 2 aromatic carbocycles. The van der Waals surface area contributed by atoms with Crippen LogP contribution >= 0.6 is 0 Å². The fourth-order valence-corrected chi connectivity index (χ4v) is 3.23. The first-order valence-corrected chi connectivity index (χ1v) is 9.99. The number of nitrogens with one attached hydrogen (secondary N) is 1. The minimum atomic E-state index is -4.46. The standard InChI is InChI=1S/C23H26F3NO4/c1-3-4-5-17(22(29)30)12-15-6-11-20(31-2)18(13-15)14-27-21(28)16-7-9-19(10-8-16)23(24,25)26/h6-11,13,17H,3-5,12,14H2,1-2H3,(H,27,28)(H,29,30). The smallest absolute Gasteiger partial charge is 0.416 e. The van der Waals surface area contributed by atoms with E-state index in [9.17, 15) is 27.9 Å². The molecule has 0 bridgehead atoms. The number of aliphatic carboxylic acids is 1. The first kappa shape index (κ1) is 24.2. The van der Waals surface area contributed by atoms with Gasteiger partial charge in [-0.05, 0) is 48.7 Å². The zero-order chi connectivity index (χ0) is 23.0. The maximum Gasteiger partial charge on any atom is 0.416 e. The van der Waals surface area contributed by atoms with Gasteiger partial charge in [0.25, 0.3) is 5.91 Å². The summed E-state index contributed by atoms with van der Waals surface area (Å²) in [5.41, 5.74) is 0.742. The lowest BCUT2D eigenvalue weighted by Crippen LogP contribution is -2.23. The Balaban J connectivity index is 2.10. The quantitative estimate of drug-likeness (QED) is 0.544. The van der Waals surface area contributed by atoms with E-state index in [-0.39, 0.29) is 12.1 Å². The zero-order valence-electron chi connectivity index (χ0n) is 17.5.